The Balaban J connectivity index is 1.87. The molecule has 0 heterocycles. The number of hydrogen-bond acceptors (Lipinski definition) is 6. The zero-order valence-corrected chi connectivity index (χ0v) is 24.3. The average Bonchev–Trinajstić information content (AvgIpc) is 2.93. The second kappa shape index (κ2) is 13.9. The quantitative estimate of drug-likeness (QED) is 0.122. The summed E-state index contributed by atoms with van der Waals surface area (Å²) in [7, 11) is 0. The Kier molecular flexibility index (Phi) is 10.4. The van der Waals surface area contributed by atoms with Crippen molar-refractivity contribution in [3.8, 4) is 0 Å². The van der Waals surface area contributed by atoms with Crippen LogP contribution in [0.25, 0.3) is 0 Å². The molecule has 0 aromatic heterocycles. The summed E-state index contributed by atoms with van der Waals surface area (Å²) in [6.45, 7) is 8.00. The first kappa shape index (κ1) is 28.3. The molecule has 3 aromatic carbocycles. The highest BCUT2D eigenvalue weighted by Gasteiger charge is 2.37. The zero-order valence-electron chi connectivity index (χ0n) is 22.7. The van der Waals surface area contributed by atoms with Crippen LogP contribution in [-0.2, 0) is 0 Å². The summed E-state index contributed by atoms with van der Waals surface area (Å²) in [5.74, 6) is 0.803. The Labute approximate surface area is 235 Å². The number of hydrogen-bond donors (Lipinski definition) is 2. The van der Waals surface area contributed by atoms with E-state index in [2.05, 4.69) is 31.4 Å². The first-order valence-electron chi connectivity index (χ1n) is 13.9. The predicted octanol–water partition coefficient (Wildman–Crippen LogP) is 8.93. The second-order valence-corrected chi connectivity index (χ2v) is 11.8. The van der Waals surface area contributed by atoms with E-state index in [1.54, 1.807) is 23.5 Å². The number of thioether (sulfide) groups is 1. The molecule has 4 nitrogen and oxygen atoms in total. The molecule has 0 radical (unpaired) electrons. The normalized spacial score (nSPS) is 12.3. The van der Waals surface area contributed by atoms with Gasteiger partial charge in [-0.05, 0) is 61.4 Å². The number of nitrogens with one attached hydrogen (secondary N) is 2. The van der Waals surface area contributed by atoms with Crippen molar-refractivity contribution in [3.63, 3.8) is 0 Å². The number of benzene rings is 3. The minimum absolute atomic E-state index is 0.0535. The second-order valence-electron chi connectivity index (χ2n) is 9.56. The molecule has 0 saturated carbocycles. The van der Waals surface area contributed by atoms with Gasteiger partial charge >= 0.3 is 0 Å². The summed E-state index contributed by atoms with van der Waals surface area (Å²) in [5.41, 5.74) is 3.64. The van der Waals surface area contributed by atoms with Gasteiger partial charge in [-0.1, -0.05) is 70.0 Å². The van der Waals surface area contributed by atoms with E-state index >= 15 is 0 Å². The molecule has 0 saturated heterocycles. The molecule has 0 unspecified atom stereocenters. The van der Waals surface area contributed by atoms with Crippen LogP contribution < -0.4 is 10.6 Å². The monoisotopic (exact) mass is 546 g/mol. The van der Waals surface area contributed by atoms with Gasteiger partial charge in [0.05, 0.1) is 11.1 Å². The summed E-state index contributed by atoms with van der Waals surface area (Å²) >= 11 is 3.23. The molecular formula is C32H38N2O2S2. The number of unbranched alkanes of at least 4 members (excludes halogenated alkanes) is 3. The Morgan fingerprint density at radius 1 is 0.605 bits per heavy atom. The molecule has 1 aliphatic carbocycles. The molecule has 0 atom stereocenters. The van der Waals surface area contributed by atoms with E-state index in [4.69, 9.17) is 0 Å². The van der Waals surface area contributed by atoms with Gasteiger partial charge in [-0.3, -0.25) is 9.59 Å². The highest BCUT2D eigenvalue weighted by molar-refractivity contribution is 7.99. The Hall–Kier alpha value is -2.70. The molecule has 2 N–H and O–H groups in total. The fraction of sp³-hybridized carbons (Fsp3) is 0.375. The van der Waals surface area contributed by atoms with Crippen LogP contribution in [0, 0.1) is 0 Å². The maximum atomic E-state index is 14.4. The van der Waals surface area contributed by atoms with E-state index in [0.717, 1.165) is 83.4 Å². The number of anilines is 2. The van der Waals surface area contributed by atoms with Gasteiger partial charge < -0.3 is 10.6 Å². The largest absolute Gasteiger partial charge is 0.384 e. The van der Waals surface area contributed by atoms with E-state index in [0.29, 0.717) is 22.3 Å². The van der Waals surface area contributed by atoms with Crippen molar-refractivity contribution in [2.24, 2.45) is 0 Å². The molecule has 6 heteroatoms. The van der Waals surface area contributed by atoms with Crippen LogP contribution in [0.4, 0.5) is 11.4 Å². The molecule has 1 aliphatic rings. The van der Waals surface area contributed by atoms with Crippen LogP contribution in [0.2, 0.25) is 0 Å². The third-order valence-electron chi connectivity index (χ3n) is 6.66. The van der Waals surface area contributed by atoms with Gasteiger partial charge in [0.2, 0.25) is 0 Å². The Morgan fingerprint density at radius 2 is 1.13 bits per heavy atom. The van der Waals surface area contributed by atoms with Gasteiger partial charge in [-0.2, -0.15) is 0 Å². The SMILES string of the molecule is CCCCNc1ccc(SCCCC)c2c1C(=O)c1c(Sc3ccccc3)ccc(NCCCC)c1C2=O. The molecule has 38 heavy (non-hydrogen) atoms. The van der Waals surface area contributed by atoms with E-state index in [1.165, 1.54) is 0 Å². The van der Waals surface area contributed by atoms with Crippen LogP contribution in [-0.4, -0.2) is 30.4 Å². The summed E-state index contributed by atoms with van der Waals surface area (Å²) < 4.78 is 0. The third kappa shape index (κ3) is 6.29. The van der Waals surface area contributed by atoms with Crippen molar-refractivity contribution in [1.82, 2.24) is 0 Å². The lowest BCUT2D eigenvalue weighted by Gasteiger charge is -2.27. The van der Waals surface area contributed by atoms with Gasteiger partial charge in [-0.15, -0.1) is 11.8 Å². The minimum Gasteiger partial charge on any atom is -0.384 e. The molecule has 3 aromatic rings. The van der Waals surface area contributed by atoms with E-state index < -0.39 is 0 Å². The number of carbonyl (C=O) groups excluding carboxylic acids is 2. The van der Waals surface area contributed by atoms with Crippen LogP contribution in [0.5, 0.6) is 0 Å². The summed E-state index contributed by atoms with van der Waals surface area (Å²) in [4.78, 5) is 31.6. The van der Waals surface area contributed by atoms with Crippen molar-refractivity contribution in [2.75, 3.05) is 29.5 Å². The first-order valence-corrected chi connectivity index (χ1v) is 15.7. The van der Waals surface area contributed by atoms with Crippen LogP contribution >= 0.6 is 23.5 Å². The summed E-state index contributed by atoms with van der Waals surface area (Å²) in [5, 5.41) is 6.94. The molecule has 0 spiro atoms. The molecular weight excluding hydrogens is 508 g/mol. The van der Waals surface area contributed by atoms with Gasteiger partial charge in [0.25, 0.3) is 0 Å². The lowest BCUT2D eigenvalue weighted by Crippen LogP contribution is -2.26. The van der Waals surface area contributed by atoms with Gasteiger partial charge in [0.15, 0.2) is 11.6 Å². The van der Waals surface area contributed by atoms with Crippen molar-refractivity contribution < 1.29 is 9.59 Å². The lowest BCUT2D eigenvalue weighted by molar-refractivity contribution is 0.0976. The number of ketones is 2. The van der Waals surface area contributed by atoms with Crippen LogP contribution in [0.15, 0.2) is 69.3 Å². The number of rotatable bonds is 14. The van der Waals surface area contributed by atoms with E-state index in [-0.39, 0.29) is 11.6 Å². The topological polar surface area (TPSA) is 58.2 Å². The van der Waals surface area contributed by atoms with Crippen molar-refractivity contribution >= 4 is 46.5 Å². The highest BCUT2D eigenvalue weighted by atomic mass is 32.2. The molecule has 200 valence electrons. The summed E-state index contributed by atoms with van der Waals surface area (Å²) in [6.07, 6.45) is 6.26. The van der Waals surface area contributed by atoms with Crippen molar-refractivity contribution in [3.05, 3.63) is 76.9 Å². The minimum atomic E-state index is -0.0656. The van der Waals surface area contributed by atoms with Gasteiger partial charge in [0.1, 0.15) is 0 Å². The first-order chi connectivity index (χ1) is 18.6. The fourth-order valence-electron chi connectivity index (χ4n) is 4.58. The van der Waals surface area contributed by atoms with Gasteiger partial charge in [0, 0.05) is 50.3 Å². The smallest absolute Gasteiger partial charge is 0.197 e. The van der Waals surface area contributed by atoms with Crippen molar-refractivity contribution in [1.29, 1.82) is 0 Å². The molecule has 0 amide bonds. The number of carbonyl (C=O) groups is 2. The molecule has 4 rings (SSSR count). The van der Waals surface area contributed by atoms with Crippen molar-refractivity contribution in [2.45, 2.75) is 74.0 Å². The zero-order chi connectivity index (χ0) is 26.9. The highest BCUT2D eigenvalue weighted by Crippen LogP contribution is 2.44. The van der Waals surface area contributed by atoms with Crippen LogP contribution in [0.3, 0.4) is 0 Å². The number of fused-ring (bicyclic) bond motifs is 2. The summed E-state index contributed by atoms with van der Waals surface area (Å²) in [6, 6.07) is 18.0. The average molecular weight is 547 g/mol. The van der Waals surface area contributed by atoms with Gasteiger partial charge in [-0.25, -0.2) is 0 Å². The standard InChI is InChI=1S/C32H38N2O2S2/c1-4-7-19-33-23-15-17-25(37-21-9-6-3)29-27(23)32(36)30-26(38-22-13-11-10-12-14-22)18-16-24(28(30)31(29)35)34-20-8-5-2/h10-18,33-34H,4-9,19-21H2,1-3H3. The fourth-order valence-corrected chi connectivity index (χ4v) is 6.72. The Bertz CT molecular complexity index is 1270. The lowest BCUT2D eigenvalue weighted by atomic mass is 9.82. The van der Waals surface area contributed by atoms with Crippen LogP contribution in [0.1, 0.15) is 91.1 Å². The Morgan fingerprint density at radius 3 is 1.68 bits per heavy atom. The maximum Gasteiger partial charge on any atom is 0.197 e. The maximum absolute atomic E-state index is 14.4. The molecule has 0 aliphatic heterocycles. The molecule has 0 bridgehead atoms. The predicted molar refractivity (Wildman–Crippen MR) is 163 cm³/mol. The molecule has 0 fully saturated rings. The van der Waals surface area contributed by atoms with E-state index in [9.17, 15) is 9.59 Å². The third-order valence-corrected chi connectivity index (χ3v) is 8.87. The van der Waals surface area contributed by atoms with E-state index in [1.807, 2.05) is 54.6 Å².